The van der Waals surface area contributed by atoms with Gasteiger partial charge < -0.3 is 15.1 Å². The summed E-state index contributed by atoms with van der Waals surface area (Å²) in [5.74, 6) is 0.905. The van der Waals surface area contributed by atoms with Crippen molar-refractivity contribution >= 4 is 11.8 Å². The van der Waals surface area contributed by atoms with Crippen LogP contribution in [-0.2, 0) is 6.54 Å². The van der Waals surface area contributed by atoms with Crippen molar-refractivity contribution in [3.8, 4) is 0 Å². The first-order valence-electron chi connectivity index (χ1n) is 8.22. The molecule has 3 heterocycles. The molecule has 1 fully saturated rings. The van der Waals surface area contributed by atoms with Crippen molar-refractivity contribution < 1.29 is 4.79 Å². The predicted octanol–water partition coefficient (Wildman–Crippen LogP) is 2.59. The zero-order valence-corrected chi connectivity index (χ0v) is 14.1. The summed E-state index contributed by atoms with van der Waals surface area (Å²) in [4.78, 5) is 24.8. The number of hydrogen-bond donors (Lipinski definition) is 1. The molecule has 0 bridgehead atoms. The van der Waals surface area contributed by atoms with Gasteiger partial charge in [-0.15, -0.1) is 0 Å². The van der Waals surface area contributed by atoms with E-state index in [2.05, 4.69) is 15.3 Å². The molecule has 126 valence electrons. The maximum atomic E-state index is 12.5. The third-order valence-electron chi connectivity index (χ3n) is 4.32. The number of aromatic nitrogens is 2. The highest BCUT2D eigenvalue weighted by molar-refractivity contribution is 5.75. The lowest BCUT2D eigenvalue weighted by atomic mass is 10.1. The molecular weight excluding hydrogens is 302 g/mol. The van der Waals surface area contributed by atoms with Crippen molar-refractivity contribution in [1.82, 2.24) is 20.2 Å². The number of urea groups is 1. The van der Waals surface area contributed by atoms with Crippen molar-refractivity contribution in [3.05, 3.63) is 54.0 Å². The molecule has 0 radical (unpaired) electrons. The lowest BCUT2D eigenvalue weighted by Crippen LogP contribution is -2.39. The van der Waals surface area contributed by atoms with Gasteiger partial charge in [-0.2, -0.15) is 0 Å². The van der Waals surface area contributed by atoms with Crippen LogP contribution in [0.1, 0.15) is 30.0 Å². The third-order valence-corrected chi connectivity index (χ3v) is 4.32. The van der Waals surface area contributed by atoms with Gasteiger partial charge in [0.1, 0.15) is 5.82 Å². The highest BCUT2D eigenvalue weighted by Crippen LogP contribution is 2.31. The molecule has 1 aliphatic rings. The number of likely N-dealkylation sites (tertiary alicyclic amines) is 1. The van der Waals surface area contributed by atoms with E-state index >= 15 is 0 Å². The molecule has 0 saturated carbocycles. The van der Waals surface area contributed by atoms with Gasteiger partial charge in [0.15, 0.2) is 0 Å². The summed E-state index contributed by atoms with van der Waals surface area (Å²) in [6.07, 6.45) is 7.39. The van der Waals surface area contributed by atoms with E-state index in [-0.39, 0.29) is 12.1 Å². The fourth-order valence-corrected chi connectivity index (χ4v) is 3.01. The SMILES string of the molecule is CN(C)c1ccc(CNC(=O)N2CCC[C@H]2c2ccncc2)cn1. The summed E-state index contributed by atoms with van der Waals surface area (Å²) in [7, 11) is 3.91. The molecule has 3 rings (SSSR count). The van der Waals surface area contributed by atoms with Crippen LogP contribution in [0.15, 0.2) is 42.9 Å². The Morgan fingerprint density at radius 3 is 2.75 bits per heavy atom. The molecule has 0 spiro atoms. The normalized spacial score (nSPS) is 16.9. The minimum absolute atomic E-state index is 0.0222. The molecule has 1 N–H and O–H groups in total. The van der Waals surface area contributed by atoms with Crippen molar-refractivity contribution in [2.45, 2.75) is 25.4 Å². The zero-order chi connectivity index (χ0) is 16.9. The van der Waals surface area contributed by atoms with Gasteiger partial charge in [-0.25, -0.2) is 9.78 Å². The molecule has 6 nitrogen and oxygen atoms in total. The summed E-state index contributed by atoms with van der Waals surface area (Å²) < 4.78 is 0. The van der Waals surface area contributed by atoms with Crippen LogP contribution < -0.4 is 10.2 Å². The van der Waals surface area contributed by atoms with Crippen LogP contribution in [0.3, 0.4) is 0 Å². The summed E-state index contributed by atoms with van der Waals surface area (Å²) in [5.41, 5.74) is 2.14. The van der Waals surface area contributed by atoms with Crippen LogP contribution in [0.25, 0.3) is 0 Å². The first-order chi connectivity index (χ1) is 11.6. The number of carbonyl (C=O) groups is 1. The minimum atomic E-state index is -0.0222. The first-order valence-corrected chi connectivity index (χ1v) is 8.22. The number of hydrogen-bond acceptors (Lipinski definition) is 4. The maximum Gasteiger partial charge on any atom is 0.318 e. The Balaban J connectivity index is 1.60. The molecule has 1 atom stereocenters. The molecule has 2 aromatic rings. The van der Waals surface area contributed by atoms with Crippen molar-refractivity contribution in [2.75, 3.05) is 25.5 Å². The lowest BCUT2D eigenvalue weighted by molar-refractivity contribution is 0.192. The van der Waals surface area contributed by atoms with Crippen LogP contribution >= 0.6 is 0 Å². The molecule has 2 amide bonds. The molecule has 1 saturated heterocycles. The van der Waals surface area contributed by atoms with Gasteiger partial charge in [-0.1, -0.05) is 6.07 Å². The van der Waals surface area contributed by atoms with Crippen molar-refractivity contribution in [1.29, 1.82) is 0 Å². The summed E-state index contributed by atoms with van der Waals surface area (Å²) in [6, 6.07) is 8.04. The van der Waals surface area contributed by atoms with E-state index < -0.39 is 0 Å². The Labute approximate surface area is 142 Å². The maximum absolute atomic E-state index is 12.5. The Morgan fingerprint density at radius 2 is 2.08 bits per heavy atom. The molecule has 1 aliphatic heterocycles. The molecule has 0 aromatic carbocycles. The van der Waals surface area contributed by atoms with E-state index in [9.17, 15) is 4.79 Å². The second-order valence-electron chi connectivity index (χ2n) is 6.21. The molecule has 0 unspecified atom stereocenters. The van der Waals surface area contributed by atoms with Crippen LogP contribution in [0, 0.1) is 0 Å². The largest absolute Gasteiger partial charge is 0.363 e. The van der Waals surface area contributed by atoms with E-state index in [1.807, 2.05) is 48.2 Å². The number of amides is 2. The van der Waals surface area contributed by atoms with Gasteiger partial charge in [0.05, 0.1) is 6.04 Å². The fraction of sp³-hybridized carbons (Fsp3) is 0.389. The average molecular weight is 325 g/mol. The highest BCUT2D eigenvalue weighted by atomic mass is 16.2. The second-order valence-corrected chi connectivity index (χ2v) is 6.21. The molecule has 6 heteroatoms. The minimum Gasteiger partial charge on any atom is -0.363 e. The van der Waals surface area contributed by atoms with Crippen LogP contribution in [0.2, 0.25) is 0 Å². The molecule has 24 heavy (non-hydrogen) atoms. The first kappa shape index (κ1) is 16.2. The third kappa shape index (κ3) is 3.64. The number of carbonyl (C=O) groups excluding carboxylic acids is 1. The Kier molecular flexibility index (Phi) is 4.93. The Morgan fingerprint density at radius 1 is 1.29 bits per heavy atom. The number of nitrogens with zero attached hydrogens (tertiary/aromatic N) is 4. The number of nitrogens with one attached hydrogen (secondary N) is 1. The summed E-state index contributed by atoms with van der Waals surface area (Å²) in [6.45, 7) is 1.27. The molecular formula is C18H23N5O. The fourth-order valence-electron chi connectivity index (χ4n) is 3.01. The standard InChI is InChI=1S/C18H23N5O/c1-22(2)17-6-5-14(12-20-17)13-21-18(24)23-11-3-4-16(23)15-7-9-19-10-8-15/h5-10,12,16H,3-4,11,13H2,1-2H3,(H,21,24)/t16-/m0/s1. The van der Waals surface area contributed by atoms with Gasteiger partial charge in [0.25, 0.3) is 0 Å². The predicted molar refractivity (Wildman–Crippen MR) is 93.7 cm³/mol. The van der Waals surface area contributed by atoms with E-state index in [0.29, 0.717) is 6.54 Å². The van der Waals surface area contributed by atoms with Crippen molar-refractivity contribution in [2.24, 2.45) is 0 Å². The van der Waals surface area contributed by atoms with Crippen LogP contribution in [0.4, 0.5) is 10.6 Å². The van der Waals surface area contributed by atoms with E-state index in [1.54, 1.807) is 18.6 Å². The number of pyridine rings is 2. The van der Waals surface area contributed by atoms with Gasteiger partial charge >= 0.3 is 6.03 Å². The quantitative estimate of drug-likeness (QED) is 0.938. The van der Waals surface area contributed by atoms with E-state index in [4.69, 9.17) is 0 Å². The molecule has 2 aromatic heterocycles. The monoisotopic (exact) mass is 325 g/mol. The van der Waals surface area contributed by atoms with Gasteiger partial charge in [-0.05, 0) is 42.2 Å². The smallest absolute Gasteiger partial charge is 0.318 e. The van der Waals surface area contributed by atoms with Crippen LogP contribution in [0.5, 0.6) is 0 Å². The lowest BCUT2D eigenvalue weighted by Gasteiger charge is -2.25. The Bertz CT molecular complexity index is 672. The molecule has 0 aliphatic carbocycles. The Hall–Kier alpha value is -2.63. The average Bonchev–Trinajstić information content (AvgIpc) is 3.10. The van der Waals surface area contributed by atoms with E-state index in [0.717, 1.165) is 36.3 Å². The summed E-state index contributed by atoms with van der Waals surface area (Å²) in [5, 5.41) is 3.01. The van der Waals surface area contributed by atoms with Gasteiger partial charge in [0, 0.05) is 45.8 Å². The second kappa shape index (κ2) is 7.29. The van der Waals surface area contributed by atoms with E-state index in [1.165, 1.54) is 0 Å². The van der Waals surface area contributed by atoms with Gasteiger partial charge in [0.2, 0.25) is 0 Å². The highest BCUT2D eigenvalue weighted by Gasteiger charge is 2.29. The van der Waals surface area contributed by atoms with Crippen LogP contribution in [-0.4, -0.2) is 41.5 Å². The number of rotatable bonds is 4. The zero-order valence-electron chi connectivity index (χ0n) is 14.1. The topological polar surface area (TPSA) is 61.4 Å². The van der Waals surface area contributed by atoms with Crippen molar-refractivity contribution in [3.63, 3.8) is 0 Å². The number of anilines is 1. The van der Waals surface area contributed by atoms with Gasteiger partial charge in [-0.3, -0.25) is 4.98 Å². The summed E-state index contributed by atoms with van der Waals surface area (Å²) >= 11 is 0.